The molecule has 12 atom stereocenters. The molecule has 11 N–H and O–H groups in total. The third-order valence-electron chi connectivity index (χ3n) is 7.30. The molecule has 3 rings (SSSR count). The van der Waals surface area contributed by atoms with Gasteiger partial charge in [0.15, 0.2) is 12.5 Å². The maximum absolute atomic E-state index is 13.3. The Balaban J connectivity index is 2.04. The highest BCUT2D eigenvalue weighted by molar-refractivity contribution is 5.82. The third kappa shape index (κ3) is 6.87. The molecule has 1 amide bonds. The minimum Gasteiger partial charge on any atom is -0.480 e. The van der Waals surface area contributed by atoms with Crippen molar-refractivity contribution in [1.29, 1.82) is 0 Å². The molecule has 0 spiro atoms. The standard InChI is InChI=1S/C23H38N6O13/c1-25-11(21(37)38)8(30)7-28(3)12(19(36)26-2)17(42-22-16(35)13(32)9(6-24)40-22)18-14(33)15(34)20(41-18)29-5-4-10(31)27-23(29)39/h4-5,8-9,11-18,20,22,25,30,32-35H,6-7,24H2,1-3H3,(H,26,36)(H,37,38)(H,27,31,39)/t8-,9+,11?,12-,13+,14-,15+,16+,17+,18?,20?,22?/m0/s1. The highest BCUT2D eigenvalue weighted by atomic mass is 16.7. The molecule has 4 unspecified atom stereocenters. The van der Waals surface area contributed by atoms with Crippen LogP contribution in [0.15, 0.2) is 21.9 Å². The minimum atomic E-state index is -1.85. The second kappa shape index (κ2) is 14.1. The summed E-state index contributed by atoms with van der Waals surface area (Å²) in [5.41, 5.74) is 3.88. The molecule has 19 nitrogen and oxygen atoms in total. The first kappa shape index (κ1) is 33.7. The van der Waals surface area contributed by atoms with Crippen molar-refractivity contribution < 1.29 is 54.4 Å². The van der Waals surface area contributed by atoms with Crippen molar-refractivity contribution >= 4 is 11.9 Å². The van der Waals surface area contributed by atoms with Crippen LogP contribution in [0.1, 0.15) is 6.23 Å². The van der Waals surface area contributed by atoms with Gasteiger partial charge in [-0.15, -0.1) is 0 Å². The number of nitrogens with one attached hydrogen (secondary N) is 3. The monoisotopic (exact) mass is 606 g/mol. The first-order valence-corrected chi connectivity index (χ1v) is 13.0. The van der Waals surface area contributed by atoms with E-state index >= 15 is 0 Å². The van der Waals surface area contributed by atoms with Gasteiger partial charge in [-0.05, 0) is 14.1 Å². The van der Waals surface area contributed by atoms with Crippen LogP contribution in [0.4, 0.5) is 0 Å². The molecular weight excluding hydrogens is 568 g/mol. The van der Waals surface area contributed by atoms with Gasteiger partial charge in [0, 0.05) is 32.4 Å². The molecule has 0 aromatic carbocycles. The van der Waals surface area contributed by atoms with Gasteiger partial charge in [0.25, 0.3) is 5.56 Å². The molecule has 0 aliphatic carbocycles. The number of nitrogens with two attached hydrogens (primary N) is 1. The van der Waals surface area contributed by atoms with E-state index < -0.39 is 103 Å². The summed E-state index contributed by atoms with van der Waals surface area (Å²) in [5, 5.41) is 67.6. The lowest BCUT2D eigenvalue weighted by Gasteiger charge is -2.39. The highest BCUT2D eigenvalue weighted by Gasteiger charge is 2.54. The summed E-state index contributed by atoms with van der Waals surface area (Å²) in [5.74, 6) is -2.16. The van der Waals surface area contributed by atoms with E-state index in [1.807, 2.05) is 4.98 Å². The number of rotatable bonds is 13. The van der Waals surface area contributed by atoms with Gasteiger partial charge in [-0.1, -0.05) is 0 Å². The second-order valence-corrected chi connectivity index (χ2v) is 10.0. The van der Waals surface area contributed by atoms with Crippen molar-refractivity contribution in [3.8, 4) is 0 Å². The summed E-state index contributed by atoms with van der Waals surface area (Å²) in [6.45, 7) is -0.668. The van der Waals surface area contributed by atoms with Gasteiger partial charge in [0.2, 0.25) is 5.91 Å². The largest absolute Gasteiger partial charge is 0.480 e. The van der Waals surface area contributed by atoms with Gasteiger partial charge < -0.3 is 61.2 Å². The van der Waals surface area contributed by atoms with Gasteiger partial charge in [-0.25, -0.2) is 4.79 Å². The quantitative estimate of drug-likeness (QED) is 0.0997. The fraction of sp³-hybridized carbons (Fsp3) is 0.739. The van der Waals surface area contributed by atoms with E-state index in [9.17, 15) is 49.8 Å². The SMILES string of the molecule is CNC(=O)[C@H]([C@@H](OC1O[C@H](CN)[C@@H](O)[C@H]1O)C1OC(n2ccc(=O)[nH]c2=O)[C@H](O)[C@@H]1O)N(C)C[C@H](O)C(NC)C(=O)O. The van der Waals surface area contributed by atoms with Crippen molar-refractivity contribution in [2.24, 2.45) is 5.73 Å². The highest BCUT2D eigenvalue weighted by Crippen LogP contribution is 2.35. The second-order valence-electron chi connectivity index (χ2n) is 10.0. The lowest BCUT2D eigenvalue weighted by atomic mass is 9.96. The fourth-order valence-electron chi connectivity index (χ4n) is 5.07. The van der Waals surface area contributed by atoms with Gasteiger partial charge in [-0.3, -0.25) is 28.8 Å². The predicted octanol–water partition coefficient (Wildman–Crippen LogP) is -6.97. The van der Waals surface area contributed by atoms with E-state index in [1.165, 1.54) is 26.0 Å². The fourth-order valence-corrected chi connectivity index (χ4v) is 5.07. The predicted molar refractivity (Wildman–Crippen MR) is 139 cm³/mol. The molecule has 19 heteroatoms. The zero-order chi connectivity index (χ0) is 31.5. The molecule has 42 heavy (non-hydrogen) atoms. The molecule has 2 aliphatic rings. The number of aliphatic carboxylic acids is 1. The Kier molecular flexibility index (Phi) is 11.3. The lowest BCUT2D eigenvalue weighted by Crippen LogP contribution is -2.61. The number of hydrogen-bond acceptors (Lipinski definition) is 15. The average Bonchev–Trinajstić information content (AvgIpc) is 3.37. The molecule has 0 bridgehead atoms. The number of ether oxygens (including phenoxy) is 3. The van der Waals surface area contributed by atoms with Crippen LogP contribution < -0.4 is 27.6 Å². The Bertz CT molecular complexity index is 1200. The number of hydrogen-bond donors (Lipinski definition) is 10. The number of nitrogens with zero attached hydrogens (tertiary/aromatic N) is 2. The van der Waals surface area contributed by atoms with Crippen LogP contribution in [-0.4, -0.2) is 158 Å². The number of aromatic amines is 1. The van der Waals surface area contributed by atoms with Crippen molar-refractivity contribution in [2.45, 2.75) is 73.4 Å². The molecule has 2 aliphatic heterocycles. The average molecular weight is 607 g/mol. The Hall–Kier alpha value is -2.82. The van der Waals surface area contributed by atoms with Crippen LogP contribution in [0, 0.1) is 0 Å². The first-order valence-electron chi connectivity index (χ1n) is 13.0. The molecule has 2 saturated heterocycles. The van der Waals surface area contributed by atoms with Crippen LogP contribution in [-0.2, 0) is 23.8 Å². The topological polar surface area (TPSA) is 291 Å². The number of H-pyrrole nitrogens is 1. The van der Waals surface area contributed by atoms with Crippen LogP contribution in [0.5, 0.6) is 0 Å². The van der Waals surface area contributed by atoms with Crippen molar-refractivity contribution in [3.63, 3.8) is 0 Å². The zero-order valence-electron chi connectivity index (χ0n) is 23.0. The summed E-state index contributed by atoms with van der Waals surface area (Å²) in [7, 11) is 3.91. The molecule has 238 valence electrons. The Morgan fingerprint density at radius 1 is 1.14 bits per heavy atom. The number of aliphatic hydroxyl groups excluding tert-OH is 5. The Morgan fingerprint density at radius 2 is 1.81 bits per heavy atom. The molecular formula is C23H38N6O13. The van der Waals surface area contributed by atoms with E-state index in [0.717, 1.165) is 16.8 Å². The number of carbonyl (C=O) groups excluding carboxylic acids is 1. The Labute approximate surface area is 238 Å². The van der Waals surface area contributed by atoms with Crippen LogP contribution >= 0.6 is 0 Å². The van der Waals surface area contributed by atoms with Crippen molar-refractivity contribution in [1.82, 2.24) is 25.1 Å². The van der Waals surface area contributed by atoms with Gasteiger partial charge in [0.1, 0.15) is 54.8 Å². The minimum absolute atomic E-state index is 0.215. The number of likely N-dealkylation sites (N-methyl/N-ethyl adjacent to an activating group) is 3. The number of aliphatic hydroxyl groups is 5. The van der Waals surface area contributed by atoms with Gasteiger partial charge >= 0.3 is 11.7 Å². The van der Waals surface area contributed by atoms with Crippen LogP contribution in [0.2, 0.25) is 0 Å². The van der Waals surface area contributed by atoms with E-state index in [-0.39, 0.29) is 6.54 Å². The van der Waals surface area contributed by atoms with E-state index in [2.05, 4.69) is 10.6 Å². The van der Waals surface area contributed by atoms with Gasteiger partial charge in [-0.2, -0.15) is 0 Å². The van der Waals surface area contributed by atoms with E-state index in [0.29, 0.717) is 0 Å². The molecule has 1 aromatic rings. The number of amides is 1. The summed E-state index contributed by atoms with van der Waals surface area (Å²) < 4.78 is 18.1. The maximum atomic E-state index is 13.3. The summed E-state index contributed by atoms with van der Waals surface area (Å²) >= 11 is 0. The molecule has 0 saturated carbocycles. The number of carboxylic acid groups (broad SMARTS) is 1. The number of aromatic nitrogens is 2. The molecule has 1 aromatic heterocycles. The summed E-state index contributed by atoms with van der Waals surface area (Å²) in [6, 6.07) is -1.99. The molecule has 0 radical (unpaired) electrons. The van der Waals surface area contributed by atoms with E-state index in [4.69, 9.17) is 19.9 Å². The Morgan fingerprint density at radius 3 is 2.33 bits per heavy atom. The van der Waals surface area contributed by atoms with Gasteiger partial charge in [0.05, 0.1) is 6.10 Å². The third-order valence-corrected chi connectivity index (χ3v) is 7.30. The first-order chi connectivity index (χ1) is 19.8. The number of carbonyl (C=O) groups is 2. The zero-order valence-corrected chi connectivity index (χ0v) is 23.0. The van der Waals surface area contributed by atoms with E-state index in [1.54, 1.807) is 0 Å². The van der Waals surface area contributed by atoms with Crippen molar-refractivity contribution in [2.75, 3.05) is 34.2 Å². The molecule has 2 fully saturated rings. The maximum Gasteiger partial charge on any atom is 0.330 e. The smallest absolute Gasteiger partial charge is 0.330 e. The lowest BCUT2D eigenvalue weighted by molar-refractivity contribution is -0.233. The normalized spacial score (nSPS) is 32.4. The molecule has 3 heterocycles. The summed E-state index contributed by atoms with van der Waals surface area (Å²) in [4.78, 5) is 51.9. The summed E-state index contributed by atoms with van der Waals surface area (Å²) in [6.07, 6.45) is -15.0. The number of carboxylic acids is 1. The van der Waals surface area contributed by atoms with Crippen LogP contribution in [0.3, 0.4) is 0 Å². The van der Waals surface area contributed by atoms with Crippen LogP contribution in [0.25, 0.3) is 0 Å². The van der Waals surface area contributed by atoms with Crippen molar-refractivity contribution in [3.05, 3.63) is 33.1 Å².